The Labute approximate surface area is 275 Å². The van der Waals surface area contributed by atoms with Crippen molar-refractivity contribution in [1.29, 1.82) is 0 Å². The SMILES string of the molecule is C/C=C1/C(O[C@@H]2O[C@H](CO)[C@H](O)[C@H](O)[C@H]2O)OC=C(C(=O)OC)C1CC(=O)OC[C@H]1O[C@@H](OCCc2ccc(O)cc2)[C@H](O)[C@@H](O)[C@@H]1O. The molecule has 0 aromatic heterocycles. The summed E-state index contributed by atoms with van der Waals surface area (Å²) in [5, 5.41) is 80.8. The fourth-order valence-corrected chi connectivity index (χ4v) is 5.47. The molecule has 1 aromatic rings. The minimum Gasteiger partial charge on any atom is -0.508 e. The highest BCUT2D eigenvalue weighted by molar-refractivity contribution is 5.90. The standard InChI is InChI=1S/C31H42O17/c1-3-16-17(18(28(41)42-2)12-45-29(16)48-31-27(40)24(37)22(35)19(11-32)46-31)10-21(34)44-13-20-23(36)25(38)26(39)30(47-20)43-9-8-14-4-6-15(33)7-5-14/h3-7,12,17,19-20,22-27,29-33,35-40H,8-11,13H2,1-2H3/b16-3+/t17?,19-,20-,22+,23-,24+,25+,26-,27-,29?,30-,31+/m1/s1. The summed E-state index contributed by atoms with van der Waals surface area (Å²) in [6.07, 6.45) is -14.6. The van der Waals surface area contributed by atoms with E-state index >= 15 is 0 Å². The van der Waals surface area contributed by atoms with E-state index in [-0.39, 0.29) is 23.5 Å². The van der Waals surface area contributed by atoms with Crippen LogP contribution in [0.5, 0.6) is 5.75 Å². The van der Waals surface area contributed by atoms with Crippen LogP contribution in [0, 0.1) is 5.92 Å². The van der Waals surface area contributed by atoms with Crippen molar-refractivity contribution in [2.45, 2.75) is 87.5 Å². The van der Waals surface area contributed by atoms with Crippen LogP contribution in [0.4, 0.5) is 0 Å². The molecule has 2 saturated heterocycles. The van der Waals surface area contributed by atoms with Gasteiger partial charge >= 0.3 is 11.9 Å². The average molecular weight is 687 g/mol. The van der Waals surface area contributed by atoms with Gasteiger partial charge in [-0.3, -0.25) is 4.79 Å². The number of benzene rings is 1. The van der Waals surface area contributed by atoms with Crippen molar-refractivity contribution in [3.05, 3.63) is 53.3 Å². The molecule has 0 spiro atoms. The van der Waals surface area contributed by atoms with E-state index in [0.29, 0.717) is 6.42 Å². The summed E-state index contributed by atoms with van der Waals surface area (Å²) < 4.78 is 38.0. The molecule has 268 valence electrons. The Kier molecular flexibility index (Phi) is 13.3. The van der Waals surface area contributed by atoms with E-state index in [9.17, 15) is 50.4 Å². The minimum absolute atomic E-state index is 0.0483. The Morgan fingerprint density at radius 1 is 0.875 bits per heavy atom. The minimum atomic E-state index is -1.75. The van der Waals surface area contributed by atoms with Gasteiger partial charge in [0.2, 0.25) is 6.29 Å². The molecule has 0 amide bonds. The lowest BCUT2D eigenvalue weighted by Crippen LogP contribution is -2.60. The molecule has 48 heavy (non-hydrogen) atoms. The predicted molar refractivity (Wildman–Crippen MR) is 157 cm³/mol. The number of hydrogen-bond donors (Lipinski definition) is 8. The molecule has 12 atom stereocenters. The van der Waals surface area contributed by atoms with Gasteiger partial charge in [0.1, 0.15) is 61.2 Å². The molecule has 0 aliphatic carbocycles. The molecular weight excluding hydrogens is 644 g/mol. The van der Waals surface area contributed by atoms with Gasteiger partial charge in [-0.2, -0.15) is 0 Å². The quantitative estimate of drug-likeness (QED) is 0.0834. The second kappa shape index (κ2) is 17.0. The van der Waals surface area contributed by atoms with Gasteiger partial charge in [-0.05, 0) is 31.0 Å². The fourth-order valence-electron chi connectivity index (χ4n) is 5.47. The fraction of sp³-hybridized carbons (Fsp3) is 0.613. The maximum absolute atomic E-state index is 13.1. The maximum Gasteiger partial charge on any atom is 0.337 e. The second-order valence-corrected chi connectivity index (χ2v) is 11.4. The smallest absolute Gasteiger partial charge is 0.337 e. The number of aliphatic hydroxyl groups excluding tert-OH is 7. The summed E-state index contributed by atoms with van der Waals surface area (Å²) >= 11 is 0. The molecule has 3 heterocycles. The maximum atomic E-state index is 13.1. The van der Waals surface area contributed by atoms with Crippen LogP contribution in [0.25, 0.3) is 0 Å². The summed E-state index contributed by atoms with van der Waals surface area (Å²) in [5.41, 5.74) is 0.922. The molecule has 1 aromatic carbocycles. The molecule has 3 aliphatic heterocycles. The van der Waals surface area contributed by atoms with Crippen molar-refractivity contribution in [1.82, 2.24) is 0 Å². The van der Waals surface area contributed by atoms with Crippen molar-refractivity contribution < 1.29 is 83.6 Å². The zero-order valence-electron chi connectivity index (χ0n) is 26.2. The van der Waals surface area contributed by atoms with Gasteiger partial charge in [-0.15, -0.1) is 0 Å². The number of methoxy groups -OCH3 is 1. The van der Waals surface area contributed by atoms with E-state index in [1.807, 2.05) is 0 Å². The van der Waals surface area contributed by atoms with Crippen molar-refractivity contribution >= 4 is 11.9 Å². The number of rotatable bonds is 12. The average Bonchev–Trinajstić information content (AvgIpc) is 3.08. The zero-order valence-corrected chi connectivity index (χ0v) is 26.2. The monoisotopic (exact) mass is 686 g/mol. The van der Waals surface area contributed by atoms with Crippen LogP contribution in [0.1, 0.15) is 18.9 Å². The molecule has 0 bridgehead atoms. The van der Waals surface area contributed by atoms with Crippen LogP contribution in [-0.2, 0) is 49.2 Å². The van der Waals surface area contributed by atoms with Crippen molar-refractivity contribution in [3.63, 3.8) is 0 Å². The molecule has 4 rings (SSSR count). The lowest BCUT2D eigenvalue weighted by molar-refractivity contribution is -0.327. The third-order valence-corrected chi connectivity index (χ3v) is 8.29. The first-order valence-corrected chi connectivity index (χ1v) is 15.2. The largest absolute Gasteiger partial charge is 0.508 e. The van der Waals surface area contributed by atoms with Crippen molar-refractivity contribution in [3.8, 4) is 5.75 Å². The second-order valence-electron chi connectivity index (χ2n) is 11.4. The molecular formula is C31H42O17. The Morgan fingerprint density at radius 3 is 2.12 bits per heavy atom. The molecule has 17 nitrogen and oxygen atoms in total. The van der Waals surface area contributed by atoms with Crippen LogP contribution < -0.4 is 0 Å². The molecule has 17 heteroatoms. The van der Waals surface area contributed by atoms with Gasteiger partial charge in [0.25, 0.3) is 0 Å². The van der Waals surface area contributed by atoms with Gasteiger partial charge < -0.3 is 74.0 Å². The van der Waals surface area contributed by atoms with Gasteiger partial charge in [0, 0.05) is 11.5 Å². The number of esters is 2. The molecule has 0 radical (unpaired) electrons. The summed E-state index contributed by atoms with van der Waals surface area (Å²) in [7, 11) is 1.12. The number of allylic oxidation sites excluding steroid dienone is 1. The highest BCUT2D eigenvalue weighted by Crippen LogP contribution is 2.36. The number of ether oxygens (including phenoxy) is 7. The normalized spacial score (nSPS) is 36.2. The third kappa shape index (κ3) is 8.68. The Balaban J connectivity index is 1.39. The van der Waals surface area contributed by atoms with Gasteiger partial charge in [-0.1, -0.05) is 18.2 Å². The first-order valence-electron chi connectivity index (χ1n) is 15.2. The van der Waals surface area contributed by atoms with Crippen molar-refractivity contribution in [2.24, 2.45) is 5.92 Å². The van der Waals surface area contributed by atoms with Crippen molar-refractivity contribution in [2.75, 3.05) is 26.9 Å². The summed E-state index contributed by atoms with van der Waals surface area (Å²) in [6.45, 7) is 0.335. The van der Waals surface area contributed by atoms with Crippen LogP contribution in [0.3, 0.4) is 0 Å². The van der Waals surface area contributed by atoms with Gasteiger partial charge in [0.15, 0.2) is 12.6 Å². The number of carbonyl (C=O) groups excluding carboxylic acids is 2. The van der Waals surface area contributed by atoms with E-state index in [1.165, 1.54) is 18.2 Å². The predicted octanol–water partition coefficient (Wildman–Crippen LogP) is -2.52. The van der Waals surface area contributed by atoms with Crippen LogP contribution in [-0.4, -0.2) is 147 Å². The van der Waals surface area contributed by atoms with Crippen LogP contribution >= 0.6 is 0 Å². The third-order valence-electron chi connectivity index (χ3n) is 8.29. The highest BCUT2D eigenvalue weighted by Gasteiger charge is 2.48. The molecule has 2 unspecified atom stereocenters. The number of phenols is 1. The van der Waals surface area contributed by atoms with Crippen LogP contribution in [0.15, 0.2) is 47.7 Å². The first kappa shape index (κ1) is 37.6. The Hall–Kier alpha value is -3.20. The first-order chi connectivity index (χ1) is 22.9. The molecule has 2 fully saturated rings. The van der Waals surface area contributed by atoms with E-state index in [4.69, 9.17) is 33.2 Å². The van der Waals surface area contributed by atoms with E-state index in [1.54, 1.807) is 19.1 Å². The molecule has 3 aliphatic rings. The summed E-state index contributed by atoms with van der Waals surface area (Å²) in [4.78, 5) is 25.7. The number of aliphatic hydroxyl groups is 7. The number of hydrogen-bond acceptors (Lipinski definition) is 17. The number of carbonyl (C=O) groups is 2. The molecule has 0 saturated carbocycles. The number of aromatic hydroxyl groups is 1. The topological polar surface area (TPSA) is 261 Å². The zero-order chi connectivity index (χ0) is 35.1. The van der Waals surface area contributed by atoms with E-state index in [0.717, 1.165) is 18.9 Å². The molecule has 8 N–H and O–H groups in total. The lowest BCUT2D eigenvalue weighted by atomic mass is 9.86. The Morgan fingerprint density at radius 2 is 1.50 bits per heavy atom. The van der Waals surface area contributed by atoms with Gasteiger partial charge in [0.05, 0.1) is 38.6 Å². The highest BCUT2D eigenvalue weighted by atomic mass is 16.8. The summed E-state index contributed by atoms with van der Waals surface area (Å²) in [5.74, 6) is -2.69. The number of phenolic OH excluding ortho intramolecular Hbond substituents is 1. The Bertz CT molecular complexity index is 1280. The lowest BCUT2D eigenvalue weighted by Gasteiger charge is -2.42. The summed E-state index contributed by atoms with van der Waals surface area (Å²) in [6, 6.07) is 6.37. The van der Waals surface area contributed by atoms with E-state index < -0.39 is 105 Å². The van der Waals surface area contributed by atoms with Gasteiger partial charge in [-0.25, -0.2) is 4.79 Å². The van der Waals surface area contributed by atoms with E-state index in [2.05, 4.69) is 0 Å². The van der Waals surface area contributed by atoms with Crippen LogP contribution in [0.2, 0.25) is 0 Å².